The number of phosphoric ester groups is 1. The number of allylic oxidation sites excluding steroid dienone is 1. The van der Waals surface area contributed by atoms with Crippen LogP contribution in [-0.4, -0.2) is 61.4 Å². The Balaban J connectivity index is 1.74. The summed E-state index contributed by atoms with van der Waals surface area (Å²) < 4.78 is 36.3. The maximum Gasteiger partial charge on any atom is 0.527 e. The van der Waals surface area contributed by atoms with Gasteiger partial charge in [0.1, 0.15) is 0 Å². The standard InChI is InChI=1S/C35H60NO7P/c1-6-7-8-9-10-11-12-13-14-15-16-17-18-22-28-40-30(2)34(42-31(3)37)29-41-44(38,39)43-35(32-24-20-19-21-25-32)33-26-23-27-36(33,4)5/h19-21,24-25,30,34H,6-18,22-23,26-29H2,1-5H3/p+1. The maximum atomic E-state index is 13.2. The number of likely N-dealkylation sites (tertiary alicyclic amines) is 1. The molecule has 252 valence electrons. The van der Waals surface area contributed by atoms with Crippen LogP contribution in [0, 0.1) is 0 Å². The first-order chi connectivity index (χ1) is 21.1. The minimum Gasteiger partial charge on any atom is -0.457 e. The monoisotopic (exact) mass is 638 g/mol. The Bertz CT molecular complexity index is 1010. The molecule has 0 amide bonds. The highest BCUT2D eigenvalue weighted by molar-refractivity contribution is 7.47. The van der Waals surface area contributed by atoms with E-state index < -0.39 is 26.0 Å². The molecule has 0 aromatic heterocycles. The van der Waals surface area contributed by atoms with Gasteiger partial charge >= 0.3 is 13.8 Å². The number of hydrogen-bond donors (Lipinski definition) is 1. The Kier molecular flexibility index (Phi) is 18.5. The van der Waals surface area contributed by atoms with Crippen molar-refractivity contribution in [2.75, 3.05) is 33.9 Å². The second kappa shape index (κ2) is 21.2. The van der Waals surface area contributed by atoms with Gasteiger partial charge in [0.15, 0.2) is 17.6 Å². The Morgan fingerprint density at radius 3 is 1.95 bits per heavy atom. The molecule has 3 atom stereocenters. The third kappa shape index (κ3) is 15.5. The zero-order chi connectivity index (χ0) is 32.3. The van der Waals surface area contributed by atoms with Crippen LogP contribution in [0.3, 0.4) is 0 Å². The first kappa shape index (κ1) is 38.5. The summed E-state index contributed by atoms with van der Waals surface area (Å²) in [6, 6.07) is 9.33. The molecule has 1 aromatic rings. The largest absolute Gasteiger partial charge is 0.527 e. The quantitative estimate of drug-likeness (QED) is 0.0397. The molecule has 1 aliphatic rings. The van der Waals surface area contributed by atoms with Gasteiger partial charge in [0, 0.05) is 31.9 Å². The lowest BCUT2D eigenvalue weighted by molar-refractivity contribution is -0.842. The van der Waals surface area contributed by atoms with Crippen LogP contribution in [0.2, 0.25) is 0 Å². The lowest BCUT2D eigenvalue weighted by atomic mass is 10.0. The van der Waals surface area contributed by atoms with Gasteiger partial charge in [0.2, 0.25) is 0 Å². The Labute approximate surface area is 267 Å². The highest BCUT2D eigenvalue weighted by atomic mass is 31.2. The average molecular weight is 639 g/mol. The van der Waals surface area contributed by atoms with Gasteiger partial charge in [-0.2, -0.15) is 0 Å². The van der Waals surface area contributed by atoms with E-state index in [-0.39, 0.29) is 6.61 Å². The van der Waals surface area contributed by atoms with Gasteiger partial charge < -0.3 is 14.0 Å². The number of phosphoric acid groups is 1. The summed E-state index contributed by atoms with van der Waals surface area (Å²) in [6.45, 7) is 6.48. The van der Waals surface area contributed by atoms with Crippen molar-refractivity contribution in [3.8, 4) is 0 Å². The second-order valence-electron chi connectivity index (χ2n) is 12.8. The summed E-state index contributed by atoms with van der Waals surface area (Å²) in [4.78, 5) is 22.5. The van der Waals surface area contributed by atoms with Gasteiger partial charge in [-0.3, -0.25) is 18.7 Å². The van der Waals surface area contributed by atoms with Gasteiger partial charge in [-0.15, -0.1) is 0 Å². The van der Waals surface area contributed by atoms with Crippen molar-refractivity contribution < 1.29 is 37.3 Å². The molecule has 9 heteroatoms. The van der Waals surface area contributed by atoms with Gasteiger partial charge in [0.25, 0.3) is 0 Å². The van der Waals surface area contributed by atoms with Crippen LogP contribution >= 0.6 is 7.82 Å². The van der Waals surface area contributed by atoms with Gasteiger partial charge in [0.05, 0.1) is 33.4 Å². The molecular formula is C35H61NO7P+. The fraction of sp³-hybridized carbons (Fsp3) is 0.743. The van der Waals surface area contributed by atoms with E-state index in [9.17, 15) is 14.3 Å². The van der Waals surface area contributed by atoms with Crippen molar-refractivity contribution in [2.45, 2.75) is 136 Å². The molecule has 0 spiro atoms. The molecule has 0 aliphatic carbocycles. The SMILES string of the molecule is CCCCCCCCCCCCCCCCOC(C)C(COP(=O)(O)OC(=C1CCC[N+]1(C)C)c1ccccc1)OC(C)=O. The van der Waals surface area contributed by atoms with Crippen LogP contribution < -0.4 is 0 Å². The zero-order valence-electron chi connectivity index (χ0n) is 28.3. The first-order valence-electron chi connectivity index (χ1n) is 17.1. The fourth-order valence-electron chi connectivity index (χ4n) is 5.79. The minimum atomic E-state index is -4.54. The lowest BCUT2D eigenvalue weighted by Gasteiger charge is -2.28. The number of hydrogen-bond acceptors (Lipinski definition) is 6. The van der Waals surface area contributed by atoms with E-state index in [1.807, 2.05) is 30.3 Å². The molecule has 1 fully saturated rings. The maximum absolute atomic E-state index is 13.2. The van der Waals surface area contributed by atoms with Crippen LogP contribution in [0.25, 0.3) is 5.76 Å². The van der Waals surface area contributed by atoms with Gasteiger partial charge in [-0.25, -0.2) is 4.57 Å². The van der Waals surface area contributed by atoms with E-state index in [1.165, 1.54) is 84.0 Å². The molecule has 1 heterocycles. The number of benzene rings is 1. The number of rotatable bonds is 24. The topological polar surface area (TPSA) is 91.3 Å². The molecule has 0 bridgehead atoms. The molecular weight excluding hydrogens is 577 g/mol. The number of quaternary nitrogens is 1. The molecule has 44 heavy (non-hydrogen) atoms. The van der Waals surface area contributed by atoms with E-state index >= 15 is 0 Å². The summed E-state index contributed by atoms with van der Waals surface area (Å²) in [5.41, 5.74) is 1.66. The number of ether oxygens (including phenoxy) is 2. The molecule has 1 aromatic carbocycles. The number of carbonyl (C=O) groups excluding carboxylic acids is 1. The van der Waals surface area contributed by atoms with Crippen molar-refractivity contribution in [1.82, 2.24) is 0 Å². The molecule has 1 N–H and O–H groups in total. The van der Waals surface area contributed by atoms with Crippen molar-refractivity contribution in [3.05, 3.63) is 41.6 Å². The summed E-state index contributed by atoms with van der Waals surface area (Å²) >= 11 is 0. The number of esters is 1. The van der Waals surface area contributed by atoms with E-state index in [2.05, 4.69) is 21.0 Å². The van der Waals surface area contributed by atoms with Crippen LogP contribution in [0.1, 0.15) is 129 Å². The predicted molar refractivity (Wildman–Crippen MR) is 178 cm³/mol. The summed E-state index contributed by atoms with van der Waals surface area (Å²) in [5, 5.41) is 0. The minimum absolute atomic E-state index is 0.317. The summed E-state index contributed by atoms with van der Waals surface area (Å²) in [5.74, 6) is -0.138. The average Bonchev–Trinajstić information content (AvgIpc) is 3.34. The molecule has 3 unspecified atom stereocenters. The van der Waals surface area contributed by atoms with Crippen molar-refractivity contribution in [3.63, 3.8) is 0 Å². The third-order valence-corrected chi connectivity index (χ3v) is 9.38. The van der Waals surface area contributed by atoms with E-state index in [4.69, 9.17) is 18.5 Å². The molecule has 1 saturated heterocycles. The van der Waals surface area contributed by atoms with E-state index in [0.717, 1.165) is 43.5 Å². The lowest BCUT2D eigenvalue weighted by Crippen LogP contribution is -2.35. The van der Waals surface area contributed by atoms with Crippen molar-refractivity contribution in [2.24, 2.45) is 0 Å². The summed E-state index contributed by atoms with van der Waals surface area (Å²) in [6.07, 6.45) is 18.4. The fourth-order valence-corrected chi connectivity index (χ4v) is 6.62. The number of nitrogens with zero attached hydrogens (tertiary/aromatic N) is 1. The number of unbranched alkanes of at least 4 members (excludes halogenated alkanes) is 13. The predicted octanol–water partition coefficient (Wildman–Crippen LogP) is 9.18. The molecule has 1 aliphatic heterocycles. The van der Waals surface area contributed by atoms with Crippen LogP contribution in [0.4, 0.5) is 0 Å². The van der Waals surface area contributed by atoms with Crippen molar-refractivity contribution in [1.29, 1.82) is 0 Å². The van der Waals surface area contributed by atoms with E-state index in [1.54, 1.807) is 6.92 Å². The van der Waals surface area contributed by atoms with Gasteiger partial charge in [-0.1, -0.05) is 121 Å². The molecule has 0 saturated carbocycles. The smallest absolute Gasteiger partial charge is 0.457 e. The molecule has 0 radical (unpaired) electrons. The Morgan fingerprint density at radius 2 is 1.45 bits per heavy atom. The zero-order valence-corrected chi connectivity index (χ0v) is 29.2. The second-order valence-corrected chi connectivity index (χ2v) is 14.2. The normalized spacial score (nSPS) is 18.4. The third-order valence-electron chi connectivity index (χ3n) is 8.49. The Morgan fingerprint density at radius 1 is 0.909 bits per heavy atom. The highest BCUT2D eigenvalue weighted by Gasteiger charge is 2.37. The first-order valence-corrected chi connectivity index (χ1v) is 18.6. The van der Waals surface area contributed by atoms with Crippen molar-refractivity contribution >= 4 is 19.6 Å². The number of carbonyl (C=O) groups is 1. The highest BCUT2D eigenvalue weighted by Crippen LogP contribution is 2.50. The molecule has 8 nitrogen and oxygen atoms in total. The molecule has 2 rings (SSSR count). The van der Waals surface area contributed by atoms with Crippen LogP contribution in [0.15, 0.2) is 36.0 Å². The Hall–Kier alpha value is -1.70. The van der Waals surface area contributed by atoms with Gasteiger partial charge in [-0.05, 0) is 13.3 Å². The summed E-state index contributed by atoms with van der Waals surface area (Å²) in [7, 11) is -0.415. The van der Waals surface area contributed by atoms with E-state index in [0.29, 0.717) is 16.8 Å². The van der Waals surface area contributed by atoms with Crippen LogP contribution in [0.5, 0.6) is 0 Å². The van der Waals surface area contributed by atoms with Crippen LogP contribution in [-0.2, 0) is 27.9 Å².